The number of hydrogen-bond acceptors (Lipinski definition) is 3. The molecule has 0 spiro atoms. The lowest BCUT2D eigenvalue weighted by atomic mass is 9.97. The fourth-order valence-corrected chi connectivity index (χ4v) is 3.46. The molecule has 0 aliphatic rings. The minimum absolute atomic E-state index is 0.0227. The zero-order valence-corrected chi connectivity index (χ0v) is 15.8. The molecular weight excluding hydrogens is 362 g/mol. The lowest BCUT2D eigenvalue weighted by Gasteiger charge is -2.13. The summed E-state index contributed by atoms with van der Waals surface area (Å²) in [5.74, 6) is 0.564. The van der Waals surface area contributed by atoms with Gasteiger partial charge in [-0.3, -0.25) is 0 Å². The van der Waals surface area contributed by atoms with Gasteiger partial charge >= 0.3 is 0 Å². The van der Waals surface area contributed by atoms with Crippen molar-refractivity contribution in [1.82, 2.24) is 20.2 Å². The van der Waals surface area contributed by atoms with Crippen LogP contribution >= 0.6 is 23.2 Å². The van der Waals surface area contributed by atoms with Crippen molar-refractivity contribution < 1.29 is 4.39 Å². The predicted molar refractivity (Wildman–Crippen MR) is 99.8 cm³/mol. The van der Waals surface area contributed by atoms with Crippen LogP contribution in [-0.2, 0) is 6.42 Å². The van der Waals surface area contributed by atoms with Gasteiger partial charge in [0.25, 0.3) is 0 Å². The van der Waals surface area contributed by atoms with Crippen LogP contribution in [0.1, 0.15) is 51.0 Å². The van der Waals surface area contributed by atoms with Gasteiger partial charge in [0.15, 0.2) is 0 Å². The van der Waals surface area contributed by atoms with E-state index in [1.54, 1.807) is 0 Å². The highest BCUT2D eigenvalue weighted by molar-refractivity contribution is 6.36. The number of fused-ring (bicyclic) bond motifs is 1. The van der Waals surface area contributed by atoms with E-state index >= 15 is 0 Å². The Morgan fingerprint density at radius 2 is 1.80 bits per heavy atom. The Balaban J connectivity index is 2.29. The van der Waals surface area contributed by atoms with Crippen LogP contribution in [0.5, 0.6) is 0 Å². The van der Waals surface area contributed by atoms with E-state index in [-0.39, 0.29) is 10.9 Å². The average Bonchev–Trinajstić information content (AvgIpc) is 3.04. The summed E-state index contributed by atoms with van der Waals surface area (Å²) in [6.45, 7) is 6.26. The highest BCUT2D eigenvalue weighted by Crippen LogP contribution is 2.36. The van der Waals surface area contributed by atoms with Gasteiger partial charge in [-0.15, -0.1) is 5.10 Å². The quantitative estimate of drug-likeness (QED) is 0.557. The first-order valence-corrected chi connectivity index (χ1v) is 9.15. The van der Waals surface area contributed by atoms with Gasteiger partial charge in [0, 0.05) is 17.9 Å². The molecule has 1 N–H and O–H groups in total. The van der Waals surface area contributed by atoms with Gasteiger partial charge in [-0.05, 0) is 25.0 Å². The highest BCUT2D eigenvalue weighted by Gasteiger charge is 2.22. The van der Waals surface area contributed by atoms with Gasteiger partial charge in [0.05, 0.1) is 21.3 Å². The number of halogens is 3. The van der Waals surface area contributed by atoms with Gasteiger partial charge in [0.1, 0.15) is 22.9 Å². The number of nitrogens with one attached hydrogen (secondary N) is 1. The molecule has 132 valence electrons. The van der Waals surface area contributed by atoms with Crippen molar-refractivity contribution in [3.05, 3.63) is 39.5 Å². The second-order valence-electron chi connectivity index (χ2n) is 5.95. The molecule has 0 fully saturated rings. The summed E-state index contributed by atoms with van der Waals surface area (Å²) < 4.78 is 14.0. The van der Waals surface area contributed by atoms with Gasteiger partial charge < -0.3 is 4.98 Å². The van der Waals surface area contributed by atoms with Crippen molar-refractivity contribution in [2.24, 2.45) is 0 Å². The van der Waals surface area contributed by atoms with Gasteiger partial charge in [-0.1, -0.05) is 44.0 Å². The van der Waals surface area contributed by atoms with Crippen molar-refractivity contribution in [2.75, 3.05) is 0 Å². The van der Waals surface area contributed by atoms with Gasteiger partial charge in [-0.25, -0.2) is 9.37 Å². The molecule has 0 saturated carbocycles. The van der Waals surface area contributed by atoms with E-state index < -0.39 is 5.82 Å². The summed E-state index contributed by atoms with van der Waals surface area (Å²) in [7, 11) is 0. The monoisotopic (exact) mass is 380 g/mol. The normalized spacial score (nSPS) is 11.6. The Hall–Kier alpha value is -1.72. The van der Waals surface area contributed by atoms with Gasteiger partial charge in [-0.2, -0.15) is 5.10 Å². The lowest BCUT2D eigenvalue weighted by Crippen LogP contribution is -2.04. The number of nitrogens with zero attached hydrogens (tertiary/aromatic N) is 3. The Kier molecular flexibility index (Phi) is 5.25. The van der Waals surface area contributed by atoms with Crippen LogP contribution in [0.25, 0.3) is 22.3 Å². The third-order valence-corrected chi connectivity index (χ3v) is 5.06. The molecule has 2 heterocycles. The fourth-order valence-electron chi connectivity index (χ4n) is 2.99. The number of aromatic amines is 1. The SMILES string of the molecule is CCc1nc2c(C(CC)CC)nnc(-c3cc(F)c(Cl)cc3Cl)c2[nH]1. The summed E-state index contributed by atoms with van der Waals surface area (Å²) in [5, 5.41) is 9.08. The maximum atomic E-state index is 14.0. The third-order valence-electron chi connectivity index (χ3n) is 4.46. The Morgan fingerprint density at radius 1 is 1.08 bits per heavy atom. The molecule has 7 heteroatoms. The largest absolute Gasteiger partial charge is 0.340 e. The molecule has 25 heavy (non-hydrogen) atoms. The third kappa shape index (κ3) is 3.23. The molecule has 0 unspecified atom stereocenters. The number of H-pyrrole nitrogens is 1. The number of aromatic nitrogens is 4. The van der Waals surface area contributed by atoms with E-state index in [2.05, 4.69) is 34.0 Å². The number of imidazole rings is 1. The van der Waals surface area contributed by atoms with E-state index in [0.717, 1.165) is 41.8 Å². The molecule has 3 aromatic rings. The molecule has 0 saturated heterocycles. The molecule has 0 radical (unpaired) electrons. The molecular formula is C18H19Cl2FN4. The van der Waals surface area contributed by atoms with Crippen LogP contribution < -0.4 is 0 Å². The summed E-state index contributed by atoms with van der Waals surface area (Å²) in [6.07, 6.45) is 2.65. The fraction of sp³-hybridized carbons (Fsp3) is 0.389. The molecule has 4 nitrogen and oxygen atoms in total. The van der Waals surface area contributed by atoms with Crippen LogP contribution in [0.3, 0.4) is 0 Å². The summed E-state index contributed by atoms with van der Waals surface area (Å²) >= 11 is 12.1. The zero-order valence-electron chi connectivity index (χ0n) is 14.3. The van der Waals surface area contributed by atoms with Crippen LogP contribution in [0.15, 0.2) is 12.1 Å². The molecule has 2 aromatic heterocycles. The second kappa shape index (κ2) is 7.26. The first-order valence-electron chi connectivity index (χ1n) is 8.40. The van der Waals surface area contributed by atoms with Crippen LogP contribution in [0.2, 0.25) is 10.0 Å². The summed E-state index contributed by atoms with van der Waals surface area (Å²) in [6, 6.07) is 2.67. The number of benzene rings is 1. The minimum Gasteiger partial charge on any atom is -0.340 e. The predicted octanol–water partition coefficient (Wildman–Crippen LogP) is 5.93. The minimum atomic E-state index is -0.546. The molecule has 3 rings (SSSR count). The topological polar surface area (TPSA) is 54.5 Å². The molecule has 0 aliphatic carbocycles. The van der Waals surface area contributed by atoms with E-state index in [1.165, 1.54) is 12.1 Å². The smallest absolute Gasteiger partial charge is 0.142 e. The standard InChI is InChI=1S/C18H19Cl2FN4/c1-4-9(5-2)15-17-18(23-14(6-3)22-17)16(25-24-15)10-7-13(21)12(20)8-11(10)19/h7-9H,4-6H2,1-3H3,(H,22,23). The Morgan fingerprint density at radius 3 is 2.44 bits per heavy atom. The summed E-state index contributed by atoms with van der Waals surface area (Å²) in [4.78, 5) is 7.97. The molecule has 0 amide bonds. The van der Waals surface area contributed by atoms with E-state index in [0.29, 0.717) is 16.3 Å². The first-order chi connectivity index (χ1) is 12.0. The first kappa shape index (κ1) is 18.1. The van der Waals surface area contributed by atoms with Crippen molar-refractivity contribution in [2.45, 2.75) is 46.0 Å². The van der Waals surface area contributed by atoms with Crippen LogP contribution in [0, 0.1) is 5.82 Å². The van der Waals surface area contributed by atoms with E-state index in [9.17, 15) is 4.39 Å². The lowest BCUT2D eigenvalue weighted by molar-refractivity contribution is 0.618. The van der Waals surface area contributed by atoms with Gasteiger partial charge in [0.2, 0.25) is 0 Å². The number of rotatable bonds is 5. The van der Waals surface area contributed by atoms with E-state index in [4.69, 9.17) is 23.2 Å². The van der Waals surface area contributed by atoms with Crippen LogP contribution in [-0.4, -0.2) is 20.2 Å². The zero-order chi connectivity index (χ0) is 18.1. The average molecular weight is 381 g/mol. The molecule has 0 aliphatic heterocycles. The van der Waals surface area contributed by atoms with Crippen molar-refractivity contribution in [3.8, 4) is 11.3 Å². The van der Waals surface area contributed by atoms with E-state index in [1.807, 2.05) is 6.92 Å². The van der Waals surface area contributed by atoms with Crippen LogP contribution in [0.4, 0.5) is 4.39 Å². The van der Waals surface area contributed by atoms with Crippen molar-refractivity contribution in [3.63, 3.8) is 0 Å². The van der Waals surface area contributed by atoms with Crippen molar-refractivity contribution >= 4 is 34.2 Å². The second-order valence-corrected chi connectivity index (χ2v) is 6.77. The number of hydrogen-bond donors (Lipinski definition) is 1. The molecule has 0 bridgehead atoms. The molecule has 1 aromatic carbocycles. The number of aryl methyl sites for hydroxylation is 1. The summed E-state index contributed by atoms with van der Waals surface area (Å²) in [5.41, 5.74) is 3.31. The molecule has 0 atom stereocenters. The maximum absolute atomic E-state index is 14.0. The van der Waals surface area contributed by atoms with Crippen molar-refractivity contribution in [1.29, 1.82) is 0 Å². The maximum Gasteiger partial charge on any atom is 0.142 e. The Bertz CT molecular complexity index is 919. The Labute approximate surface area is 155 Å². The highest BCUT2D eigenvalue weighted by atomic mass is 35.5.